The van der Waals surface area contributed by atoms with Crippen molar-refractivity contribution in [2.24, 2.45) is 0 Å². The van der Waals surface area contributed by atoms with Gasteiger partial charge < -0.3 is 5.32 Å². The molecule has 1 N–H and O–H groups in total. The molecule has 2 rings (SSSR count). The summed E-state index contributed by atoms with van der Waals surface area (Å²) in [5.41, 5.74) is -0.0421. The lowest BCUT2D eigenvalue weighted by molar-refractivity contribution is -0.137. The number of nitrogens with one attached hydrogen (secondary N) is 1. The van der Waals surface area contributed by atoms with Crippen LogP contribution >= 0.6 is 0 Å². The third kappa shape index (κ3) is 3.35. The molecule has 0 bridgehead atoms. The zero-order valence-corrected chi connectivity index (χ0v) is 11.9. The Bertz CT molecular complexity index is 432. The van der Waals surface area contributed by atoms with E-state index >= 15 is 0 Å². The highest BCUT2D eigenvalue weighted by Gasteiger charge is 2.35. The van der Waals surface area contributed by atoms with Crippen molar-refractivity contribution in [3.8, 4) is 0 Å². The molecule has 0 saturated carbocycles. The highest BCUT2D eigenvalue weighted by Crippen LogP contribution is 2.37. The molecule has 0 spiro atoms. The van der Waals surface area contributed by atoms with E-state index in [-0.39, 0.29) is 5.54 Å². The largest absolute Gasteiger partial charge is 0.416 e. The molecule has 20 heavy (non-hydrogen) atoms. The molecule has 1 aliphatic rings. The van der Waals surface area contributed by atoms with Gasteiger partial charge in [0.05, 0.1) is 5.56 Å². The van der Waals surface area contributed by atoms with Crippen LogP contribution in [-0.2, 0) is 11.7 Å². The Morgan fingerprint density at radius 3 is 2.70 bits per heavy atom. The number of alkyl halides is 3. The lowest BCUT2D eigenvalue weighted by Crippen LogP contribution is -2.41. The first-order chi connectivity index (χ1) is 9.48. The van der Waals surface area contributed by atoms with E-state index < -0.39 is 11.7 Å². The van der Waals surface area contributed by atoms with Crippen LogP contribution in [0.25, 0.3) is 0 Å². The van der Waals surface area contributed by atoms with Crippen LogP contribution in [0, 0.1) is 0 Å². The molecule has 4 heteroatoms. The maximum Gasteiger partial charge on any atom is 0.416 e. The Kier molecular flexibility index (Phi) is 4.74. The Morgan fingerprint density at radius 1 is 1.20 bits per heavy atom. The van der Waals surface area contributed by atoms with Crippen LogP contribution in [0.1, 0.15) is 56.6 Å². The average Bonchev–Trinajstić information content (AvgIpc) is 2.65. The van der Waals surface area contributed by atoms with E-state index in [1.807, 2.05) is 6.07 Å². The number of halogens is 3. The maximum atomic E-state index is 12.9. The van der Waals surface area contributed by atoms with Crippen molar-refractivity contribution < 1.29 is 13.2 Å². The zero-order valence-electron chi connectivity index (χ0n) is 11.9. The molecule has 1 nitrogen and oxygen atoms in total. The van der Waals surface area contributed by atoms with Gasteiger partial charge in [0.15, 0.2) is 0 Å². The lowest BCUT2D eigenvalue weighted by Gasteiger charge is -2.35. The molecule has 1 aromatic rings. The molecule has 1 saturated heterocycles. The summed E-state index contributed by atoms with van der Waals surface area (Å²) in [5.74, 6) is 0. The summed E-state index contributed by atoms with van der Waals surface area (Å²) in [7, 11) is 0. The minimum atomic E-state index is -4.27. The Morgan fingerprint density at radius 2 is 2.00 bits per heavy atom. The Labute approximate surface area is 118 Å². The van der Waals surface area contributed by atoms with Crippen LogP contribution in [-0.4, -0.2) is 6.54 Å². The van der Waals surface area contributed by atoms with Gasteiger partial charge in [0.1, 0.15) is 0 Å². The van der Waals surface area contributed by atoms with Gasteiger partial charge in [0.25, 0.3) is 0 Å². The van der Waals surface area contributed by atoms with Crippen molar-refractivity contribution in [2.75, 3.05) is 6.54 Å². The molecular formula is C16H22F3N. The smallest absolute Gasteiger partial charge is 0.307 e. The van der Waals surface area contributed by atoms with Crippen molar-refractivity contribution in [3.05, 3.63) is 35.4 Å². The second-order valence-corrected chi connectivity index (χ2v) is 5.65. The van der Waals surface area contributed by atoms with Crippen LogP contribution in [0.3, 0.4) is 0 Å². The van der Waals surface area contributed by atoms with Crippen LogP contribution in [0.4, 0.5) is 13.2 Å². The van der Waals surface area contributed by atoms with Crippen LogP contribution < -0.4 is 5.32 Å². The zero-order chi connectivity index (χ0) is 14.6. The Hall–Kier alpha value is -1.03. The molecule has 1 aromatic carbocycles. The van der Waals surface area contributed by atoms with E-state index in [9.17, 15) is 13.2 Å². The number of hydrogen-bond donors (Lipinski definition) is 1. The van der Waals surface area contributed by atoms with Crippen molar-refractivity contribution in [2.45, 2.75) is 57.2 Å². The van der Waals surface area contributed by atoms with Crippen molar-refractivity contribution in [3.63, 3.8) is 0 Å². The average molecular weight is 285 g/mol. The number of rotatable bonds is 3. The van der Waals surface area contributed by atoms with E-state index in [1.165, 1.54) is 12.1 Å². The van der Waals surface area contributed by atoms with Crippen molar-refractivity contribution in [1.29, 1.82) is 0 Å². The van der Waals surface area contributed by atoms with Crippen LogP contribution in [0.15, 0.2) is 24.3 Å². The highest BCUT2D eigenvalue weighted by atomic mass is 19.4. The quantitative estimate of drug-likeness (QED) is 0.836. The summed E-state index contributed by atoms with van der Waals surface area (Å²) in [6.45, 7) is 2.97. The first-order valence-corrected chi connectivity index (χ1v) is 7.41. The fourth-order valence-corrected chi connectivity index (χ4v) is 3.17. The molecule has 1 atom stereocenters. The second-order valence-electron chi connectivity index (χ2n) is 5.65. The molecule has 112 valence electrons. The summed E-state index contributed by atoms with van der Waals surface area (Å²) < 4.78 is 38.7. The molecule has 1 heterocycles. The van der Waals surface area contributed by atoms with Crippen molar-refractivity contribution >= 4 is 0 Å². The van der Waals surface area contributed by atoms with Crippen LogP contribution in [0.2, 0.25) is 0 Å². The number of hydrogen-bond acceptors (Lipinski definition) is 1. The van der Waals surface area contributed by atoms with Gasteiger partial charge in [-0.2, -0.15) is 13.2 Å². The molecule has 0 radical (unpaired) electrons. The van der Waals surface area contributed by atoms with Crippen molar-refractivity contribution in [1.82, 2.24) is 5.32 Å². The molecule has 0 aliphatic carbocycles. The van der Waals surface area contributed by atoms with Gasteiger partial charge in [-0.3, -0.25) is 0 Å². The van der Waals surface area contributed by atoms with Gasteiger partial charge in [0, 0.05) is 5.54 Å². The topological polar surface area (TPSA) is 12.0 Å². The predicted molar refractivity (Wildman–Crippen MR) is 74.5 cm³/mol. The summed E-state index contributed by atoms with van der Waals surface area (Å²) >= 11 is 0. The molecule has 1 fully saturated rings. The second kappa shape index (κ2) is 6.17. The predicted octanol–water partition coefficient (Wildman–Crippen LogP) is 4.86. The number of benzene rings is 1. The van der Waals surface area contributed by atoms with Gasteiger partial charge in [-0.25, -0.2) is 0 Å². The van der Waals surface area contributed by atoms with Crippen LogP contribution in [0.5, 0.6) is 0 Å². The summed E-state index contributed by atoms with van der Waals surface area (Å²) in [6.07, 6.45) is 1.82. The third-order valence-corrected chi connectivity index (χ3v) is 4.16. The molecular weight excluding hydrogens is 263 g/mol. The fourth-order valence-electron chi connectivity index (χ4n) is 3.17. The maximum absolute atomic E-state index is 12.9. The monoisotopic (exact) mass is 285 g/mol. The van der Waals surface area contributed by atoms with Gasteiger partial charge in [0.2, 0.25) is 0 Å². The van der Waals surface area contributed by atoms with E-state index in [1.54, 1.807) is 0 Å². The summed E-state index contributed by atoms with van der Waals surface area (Å²) in [5, 5.41) is 3.52. The molecule has 1 aliphatic heterocycles. The van der Waals surface area contributed by atoms with Gasteiger partial charge >= 0.3 is 6.18 Å². The third-order valence-electron chi connectivity index (χ3n) is 4.16. The van der Waals surface area contributed by atoms with E-state index in [0.29, 0.717) is 0 Å². The molecule has 1 unspecified atom stereocenters. The summed E-state index contributed by atoms with van der Waals surface area (Å²) in [6, 6.07) is 5.85. The fraction of sp³-hybridized carbons (Fsp3) is 0.625. The Balaban J connectivity index is 2.38. The van der Waals surface area contributed by atoms with E-state index in [0.717, 1.165) is 56.7 Å². The molecule has 0 amide bonds. The SMILES string of the molecule is CCCC1(c2cccc(C(F)(F)F)c2)CCCCCN1. The first kappa shape index (κ1) is 15.4. The van der Waals surface area contributed by atoms with Gasteiger partial charge in [-0.05, 0) is 43.5 Å². The molecule has 0 aromatic heterocycles. The normalized spacial score (nSPS) is 24.4. The highest BCUT2D eigenvalue weighted by molar-refractivity contribution is 5.31. The van der Waals surface area contributed by atoms with E-state index in [2.05, 4.69) is 12.2 Å². The minimum Gasteiger partial charge on any atom is -0.307 e. The van der Waals surface area contributed by atoms with E-state index in [4.69, 9.17) is 0 Å². The lowest BCUT2D eigenvalue weighted by atomic mass is 9.81. The van der Waals surface area contributed by atoms with Gasteiger partial charge in [-0.1, -0.05) is 38.3 Å². The first-order valence-electron chi connectivity index (χ1n) is 7.41. The minimum absolute atomic E-state index is 0.285. The summed E-state index contributed by atoms with van der Waals surface area (Å²) in [4.78, 5) is 0. The standard InChI is InChI=1S/C16H22F3N/c1-2-9-15(10-4-3-5-11-20-15)13-7-6-8-14(12-13)16(17,18)19/h6-8,12,20H,2-5,9-11H2,1H3. The van der Waals surface area contributed by atoms with Gasteiger partial charge in [-0.15, -0.1) is 0 Å².